The van der Waals surface area contributed by atoms with Crippen molar-refractivity contribution in [3.8, 4) is 0 Å². The van der Waals surface area contributed by atoms with Crippen molar-refractivity contribution in [2.45, 2.75) is 64.5 Å². The number of aliphatic hydroxyl groups is 1. The molecule has 5 nitrogen and oxygen atoms in total. The Morgan fingerprint density at radius 2 is 2.04 bits per heavy atom. The van der Waals surface area contributed by atoms with Crippen LogP contribution < -0.4 is 11.5 Å². The average Bonchev–Trinajstić information content (AvgIpc) is 2.87. The van der Waals surface area contributed by atoms with Gasteiger partial charge in [0.05, 0.1) is 6.61 Å². The number of ketones is 2. The van der Waals surface area contributed by atoms with Gasteiger partial charge in [0.1, 0.15) is 11.6 Å². The lowest BCUT2D eigenvalue weighted by Crippen LogP contribution is -2.58. The van der Waals surface area contributed by atoms with E-state index < -0.39 is 11.3 Å². The van der Waals surface area contributed by atoms with Crippen molar-refractivity contribution >= 4 is 11.6 Å². The first kappa shape index (κ1) is 18.3. The molecule has 0 radical (unpaired) electrons. The van der Waals surface area contributed by atoms with Crippen LogP contribution in [0.4, 0.5) is 0 Å². The van der Waals surface area contributed by atoms with Crippen LogP contribution in [0.2, 0.25) is 0 Å². The van der Waals surface area contributed by atoms with Crippen molar-refractivity contribution in [3.63, 3.8) is 0 Å². The van der Waals surface area contributed by atoms with Gasteiger partial charge in [-0.2, -0.15) is 0 Å². The number of Topliss-reactive ketones (excluding diaryl/α,β-unsaturated/α-hetero) is 2. The lowest BCUT2D eigenvalue weighted by Gasteiger charge is -2.57. The Morgan fingerprint density at radius 1 is 1.31 bits per heavy atom. The first-order chi connectivity index (χ1) is 12.2. The van der Waals surface area contributed by atoms with Crippen LogP contribution in [0.25, 0.3) is 0 Å². The number of aliphatic hydroxyl groups excluding tert-OH is 1. The molecule has 26 heavy (non-hydrogen) atoms. The van der Waals surface area contributed by atoms with Crippen LogP contribution in [-0.2, 0) is 9.59 Å². The molecule has 8 unspecified atom stereocenters. The van der Waals surface area contributed by atoms with E-state index in [1.165, 1.54) is 5.57 Å². The molecule has 5 N–H and O–H groups in total. The molecule has 0 amide bonds. The van der Waals surface area contributed by atoms with Gasteiger partial charge in [0.25, 0.3) is 0 Å². The molecule has 0 aromatic rings. The zero-order chi connectivity index (χ0) is 18.9. The molecule has 4 aliphatic rings. The third-order valence-corrected chi connectivity index (χ3v) is 8.31. The van der Waals surface area contributed by atoms with Crippen molar-refractivity contribution in [2.75, 3.05) is 6.61 Å². The maximum Gasteiger partial charge on any atom is 0.138 e. The summed E-state index contributed by atoms with van der Waals surface area (Å²) < 4.78 is 0. The van der Waals surface area contributed by atoms with Crippen molar-refractivity contribution in [2.24, 2.45) is 46.0 Å². The van der Waals surface area contributed by atoms with E-state index in [4.69, 9.17) is 11.5 Å². The molecule has 0 aromatic heterocycles. The number of nitrogens with two attached hydrogens (primary N) is 2. The highest BCUT2D eigenvalue weighted by Crippen LogP contribution is 2.64. The third kappa shape index (κ3) is 2.26. The molecule has 0 spiro atoms. The lowest BCUT2D eigenvalue weighted by atomic mass is 9.46. The Bertz CT molecular complexity index is 672. The van der Waals surface area contributed by atoms with E-state index in [0.29, 0.717) is 12.8 Å². The molecule has 0 bridgehead atoms. The Hall–Kier alpha value is -1.04. The zero-order valence-electron chi connectivity index (χ0n) is 15.9. The van der Waals surface area contributed by atoms with E-state index in [1.807, 2.05) is 6.92 Å². The highest BCUT2D eigenvalue weighted by molar-refractivity contribution is 5.91. The van der Waals surface area contributed by atoms with Crippen molar-refractivity contribution in [1.82, 2.24) is 0 Å². The zero-order valence-corrected chi connectivity index (χ0v) is 15.9. The molecule has 0 aromatic carbocycles. The van der Waals surface area contributed by atoms with Crippen LogP contribution in [0.5, 0.6) is 0 Å². The number of hydrogen-bond donors (Lipinski definition) is 3. The van der Waals surface area contributed by atoms with Gasteiger partial charge in [-0.25, -0.2) is 0 Å². The number of allylic oxidation sites excluding steroid dienone is 1. The fraction of sp³-hybridized carbons (Fsp3) is 0.810. The first-order valence-electron chi connectivity index (χ1n) is 10.1. The normalized spacial score (nSPS) is 49.1. The Kier molecular flexibility index (Phi) is 4.22. The second kappa shape index (κ2) is 5.98. The number of carbonyl (C=O) groups is 2. The van der Waals surface area contributed by atoms with Crippen LogP contribution in [0, 0.1) is 34.5 Å². The average molecular weight is 360 g/mol. The Balaban J connectivity index is 1.77. The molecular formula is C21H32N2O3. The van der Waals surface area contributed by atoms with Crippen molar-refractivity contribution in [1.29, 1.82) is 0 Å². The van der Waals surface area contributed by atoms with E-state index in [2.05, 4.69) is 13.0 Å². The molecule has 0 aliphatic heterocycles. The molecule has 4 rings (SSSR count). The van der Waals surface area contributed by atoms with Crippen LogP contribution in [0.3, 0.4) is 0 Å². The summed E-state index contributed by atoms with van der Waals surface area (Å²) in [4.78, 5) is 26.2. The lowest BCUT2D eigenvalue weighted by molar-refractivity contribution is -0.149. The minimum Gasteiger partial charge on any atom is -0.396 e. The third-order valence-electron chi connectivity index (χ3n) is 8.31. The van der Waals surface area contributed by atoms with E-state index >= 15 is 0 Å². The SMILES string of the molecule is CC(N)C1C(=O)CC2C3CC=C4CC(N)CCC4(C)C3C(=O)CC21CO. The summed E-state index contributed by atoms with van der Waals surface area (Å²) in [5, 5.41) is 10.3. The predicted molar refractivity (Wildman–Crippen MR) is 99.0 cm³/mol. The van der Waals surface area contributed by atoms with Gasteiger partial charge < -0.3 is 16.6 Å². The first-order valence-corrected chi connectivity index (χ1v) is 10.1. The number of rotatable bonds is 2. The Labute approximate surface area is 155 Å². The molecule has 3 saturated carbocycles. The quantitative estimate of drug-likeness (QED) is 0.648. The molecule has 3 fully saturated rings. The van der Waals surface area contributed by atoms with Gasteiger partial charge in [-0.1, -0.05) is 18.6 Å². The minimum atomic E-state index is -0.656. The molecular weight excluding hydrogens is 328 g/mol. The summed E-state index contributed by atoms with van der Waals surface area (Å²) in [5.41, 5.74) is 12.9. The van der Waals surface area contributed by atoms with Crippen molar-refractivity contribution in [3.05, 3.63) is 11.6 Å². The van der Waals surface area contributed by atoms with E-state index in [0.717, 1.165) is 25.7 Å². The summed E-state index contributed by atoms with van der Waals surface area (Å²) in [7, 11) is 0. The maximum atomic E-state index is 13.4. The monoisotopic (exact) mass is 360 g/mol. The second-order valence-electron chi connectivity index (χ2n) is 9.68. The topological polar surface area (TPSA) is 106 Å². The summed E-state index contributed by atoms with van der Waals surface area (Å²) in [5.74, 6) is 0.116. The molecule has 144 valence electrons. The molecule has 0 heterocycles. The molecule has 5 heteroatoms. The highest BCUT2D eigenvalue weighted by atomic mass is 16.3. The number of hydrogen-bond acceptors (Lipinski definition) is 5. The maximum absolute atomic E-state index is 13.4. The van der Waals surface area contributed by atoms with Crippen LogP contribution in [-0.4, -0.2) is 35.4 Å². The summed E-state index contributed by atoms with van der Waals surface area (Å²) in [6.07, 6.45) is 6.63. The van der Waals surface area contributed by atoms with Gasteiger partial charge in [-0.3, -0.25) is 9.59 Å². The molecule has 8 atom stereocenters. The Morgan fingerprint density at radius 3 is 2.69 bits per heavy atom. The van der Waals surface area contributed by atoms with Gasteiger partial charge in [0.2, 0.25) is 0 Å². The van der Waals surface area contributed by atoms with E-state index in [1.54, 1.807) is 0 Å². The van der Waals surface area contributed by atoms with Crippen LogP contribution in [0.15, 0.2) is 11.6 Å². The summed E-state index contributed by atoms with van der Waals surface area (Å²) >= 11 is 0. The fourth-order valence-electron chi connectivity index (χ4n) is 7.25. The van der Waals surface area contributed by atoms with E-state index in [9.17, 15) is 14.7 Å². The molecule has 0 saturated heterocycles. The van der Waals surface area contributed by atoms with Crippen LogP contribution in [0.1, 0.15) is 52.4 Å². The number of carbonyl (C=O) groups excluding carboxylic acids is 2. The summed E-state index contributed by atoms with van der Waals surface area (Å²) in [6, 6.07) is -0.140. The van der Waals surface area contributed by atoms with Gasteiger partial charge >= 0.3 is 0 Å². The fourth-order valence-corrected chi connectivity index (χ4v) is 7.25. The van der Waals surface area contributed by atoms with Gasteiger partial charge in [0.15, 0.2) is 0 Å². The van der Waals surface area contributed by atoms with Gasteiger partial charge in [-0.15, -0.1) is 0 Å². The van der Waals surface area contributed by atoms with Gasteiger partial charge in [0, 0.05) is 42.2 Å². The smallest absolute Gasteiger partial charge is 0.138 e. The number of fused-ring (bicyclic) bond motifs is 5. The predicted octanol–water partition coefficient (Wildman–Crippen LogP) is 1.57. The summed E-state index contributed by atoms with van der Waals surface area (Å²) in [6.45, 7) is 3.94. The van der Waals surface area contributed by atoms with Gasteiger partial charge in [-0.05, 0) is 49.9 Å². The van der Waals surface area contributed by atoms with Crippen LogP contribution >= 0.6 is 0 Å². The van der Waals surface area contributed by atoms with E-state index in [-0.39, 0.29) is 53.4 Å². The standard InChI is InChI=1S/C21H32N2O3/c1-11(22)18-16(25)8-15-14-4-3-12-7-13(23)5-6-20(12,2)19(14)17(26)9-21(15,18)10-24/h3,11,13-15,18-19,24H,4-10,22-23H2,1-2H3. The largest absolute Gasteiger partial charge is 0.396 e. The molecule has 4 aliphatic carbocycles. The van der Waals surface area contributed by atoms with Crippen molar-refractivity contribution < 1.29 is 14.7 Å². The minimum absolute atomic E-state index is 0.0423. The highest BCUT2D eigenvalue weighted by Gasteiger charge is 2.65. The second-order valence-corrected chi connectivity index (χ2v) is 9.68.